The maximum atomic E-state index is 3.50. The monoisotopic (exact) mass is 202 g/mol. The van der Waals surface area contributed by atoms with Gasteiger partial charge in [0.25, 0.3) is 0 Å². The Morgan fingerprint density at radius 3 is 2.80 bits per heavy atom. The Labute approximate surface area is 91.3 Å². The van der Waals surface area contributed by atoms with Gasteiger partial charge in [0.2, 0.25) is 0 Å². The van der Waals surface area contributed by atoms with Crippen LogP contribution in [0, 0.1) is 0 Å². The summed E-state index contributed by atoms with van der Waals surface area (Å²) >= 11 is 0. The molecule has 0 bridgehead atoms. The van der Waals surface area contributed by atoms with E-state index in [9.17, 15) is 0 Å². The molecule has 0 spiro atoms. The van der Waals surface area contributed by atoms with Crippen molar-refractivity contribution < 1.29 is 0 Å². The normalized spacial score (nSPS) is 19.9. The first kappa shape index (κ1) is 9.08. The molecule has 1 aromatic carbocycles. The van der Waals surface area contributed by atoms with Gasteiger partial charge in [-0.15, -0.1) is 0 Å². The van der Waals surface area contributed by atoms with Crippen LogP contribution in [-0.4, -0.2) is 19.6 Å². The SMILES string of the molecule is c1cc2c(c(N3CCCC3)c1)CCCN2. The Hall–Kier alpha value is -1.18. The Bertz CT molecular complexity index is 354. The van der Waals surface area contributed by atoms with Crippen molar-refractivity contribution in [3.05, 3.63) is 23.8 Å². The van der Waals surface area contributed by atoms with Crippen LogP contribution in [0.4, 0.5) is 11.4 Å². The van der Waals surface area contributed by atoms with E-state index in [4.69, 9.17) is 0 Å². The second-order valence-electron chi connectivity index (χ2n) is 4.53. The lowest BCUT2D eigenvalue weighted by atomic mass is 10.0. The molecule has 0 aliphatic carbocycles. The predicted molar refractivity (Wildman–Crippen MR) is 64.7 cm³/mol. The van der Waals surface area contributed by atoms with Crippen molar-refractivity contribution in [2.75, 3.05) is 29.9 Å². The molecule has 0 unspecified atom stereocenters. The fourth-order valence-corrected chi connectivity index (χ4v) is 2.75. The van der Waals surface area contributed by atoms with Crippen molar-refractivity contribution in [3.8, 4) is 0 Å². The van der Waals surface area contributed by atoms with Crippen LogP contribution < -0.4 is 10.2 Å². The van der Waals surface area contributed by atoms with Gasteiger partial charge in [0.15, 0.2) is 0 Å². The highest BCUT2D eigenvalue weighted by Gasteiger charge is 2.18. The number of nitrogens with zero attached hydrogens (tertiary/aromatic N) is 1. The van der Waals surface area contributed by atoms with Crippen LogP contribution in [-0.2, 0) is 6.42 Å². The van der Waals surface area contributed by atoms with Crippen molar-refractivity contribution in [1.29, 1.82) is 0 Å². The molecule has 2 heteroatoms. The van der Waals surface area contributed by atoms with Gasteiger partial charge in [-0.3, -0.25) is 0 Å². The molecule has 1 fully saturated rings. The molecule has 15 heavy (non-hydrogen) atoms. The number of benzene rings is 1. The molecule has 3 rings (SSSR count). The third kappa shape index (κ3) is 1.58. The van der Waals surface area contributed by atoms with Crippen molar-refractivity contribution in [2.24, 2.45) is 0 Å². The van der Waals surface area contributed by atoms with Gasteiger partial charge in [-0.25, -0.2) is 0 Å². The van der Waals surface area contributed by atoms with Gasteiger partial charge in [-0.05, 0) is 43.4 Å². The van der Waals surface area contributed by atoms with E-state index in [1.165, 1.54) is 50.1 Å². The zero-order valence-corrected chi connectivity index (χ0v) is 9.13. The summed E-state index contributed by atoms with van der Waals surface area (Å²) in [5.41, 5.74) is 4.40. The first-order chi connectivity index (χ1) is 7.45. The first-order valence-corrected chi connectivity index (χ1v) is 6.06. The minimum atomic E-state index is 1.14. The van der Waals surface area contributed by atoms with Gasteiger partial charge in [-0.1, -0.05) is 6.07 Å². The van der Waals surface area contributed by atoms with Crippen molar-refractivity contribution >= 4 is 11.4 Å². The van der Waals surface area contributed by atoms with Crippen LogP contribution in [0.25, 0.3) is 0 Å². The molecule has 80 valence electrons. The van der Waals surface area contributed by atoms with E-state index >= 15 is 0 Å². The molecule has 0 radical (unpaired) electrons. The Balaban J connectivity index is 1.99. The summed E-state index contributed by atoms with van der Waals surface area (Å²) in [6.07, 6.45) is 5.24. The Kier molecular flexibility index (Phi) is 2.28. The molecule has 1 N–H and O–H groups in total. The summed E-state index contributed by atoms with van der Waals surface area (Å²) in [6, 6.07) is 6.69. The van der Waals surface area contributed by atoms with Crippen molar-refractivity contribution in [2.45, 2.75) is 25.7 Å². The molecule has 2 aliphatic heterocycles. The van der Waals surface area contributed by atoms with E-state index in [2.05, 4.69) is 28.4 Å². The maximum absolute atomic E-state index is 3.50. The number of rotatable bonds is 1. The third-order valence-corrected chi connectivity index (χ3v) is 3.52. The summed E-state index contributed by atoms with van der Waals surface area (Å²) in [6.45, 7) is 3.63. The van der Waals surface area contributed by atoms with E-state index < -0.39 is 0 Å². The summed E-state index contributed by atoms with van der Waals surface area (Å²) in [5.74, 6) is 0. The van der Waals surface area contributed by atoms with Crippen LogP contribution in [0.3, 0.4) is 0 Å². The molecule has 2 heterocycles. The number of hydrogen-bond acceptors (Lipinski definition) is 2. The first-order valence-electron chi connectivity index (χ1n) is 6.06. The van der Waals surface area contributed by atoms with Gasteiger partial charge in [0.05, 0.1) is 0 Å². The van der Waals surface area contributed by atoms with E-state index in [1.54, 1.807) is 5.56 Å². The number of fused-ring (bicyclic) bond motifs is 1. The zero-order chi connectivity index (χ0) is 10.1. The second-order valence-corrected chi connectivity index (χ2v) is 4.53. The van der Waals surface area contributed by atoms with E-state index in [0.717, 1.165) is 6.54 Å². The number of nitrogens with one attached hydrogen (secondary N) is 1. The van der Waals surface area contributed by atoms with Crippen LogP contribution in [0.1, 0.15) is 24.8 Å². The minimum absolute atomic E-state index is 1.14. The quantitative estimate of drug-likeness (QED) is 0.753. The minimum Gasteiger partial charge on any atom is -0.385 e. The topological polar surface area (TPSA) is 15.3 Å². The third-order valence-electron chi connectivity index (χ3n) is 3.52. The fraction of sp³-hybridized carbons (Fsp3) is 0.538. The van der Waals surface area contributed by atoms with Gasteiger partial charge >= 0.3 is 0 Å². The molecule has 0 atom stereocenters. The number of hydrogen-bond donors (Lipinski definition) is 1. The van der Waals surface area contributed by atoms with Gasteiger partial charge in [0, 0.05) is 31.0 Å². The van der Waals surface area contributed by atoms with Gasteiger partial charge < -0.3 is 10.2 Å². The van der Waals surface area contributed by atoms with Crippen molar-refractivity contribution in [1.82, 2.24) is 0 Å². The van der Waals surface area contributed by atoms with Crippen LogP contribution >= 0.6 is 0 Å². The molecule has 1 saturated heterocycles. The average Bonchev–Trinajstić information content (AvgIpc) is 2.82. The molecule has 2 aliphatic rings. The lowest BCUT2D eigenvalue weighted by Gasteiger charge is -2.26. The highest BCUT2D eigenvalue weighted by Crippen LogP contribution is 2.32. The Morgan fingerprint density at radius 2 is 1.93 bits per heavy atom. The van der Waals surface area contributed by atoms with Gasteiger partial charge in [0.1, 0.15) is 0 Å². The average molecular weight is 202 g/mol. The number of anilines is 2. The predicted octanol–water partition coefficient (Wildman–Crippen LogP) is 2.64. The van der Waals surface area contributed by atoms with Crippen LogP contribution in [0.5, 0.6) is 0 Å². The molecule has 0 amide bonds. The Morgan fingerprint density at radius 1 is 1.07 bits per heavy atom. The highest BCUT2D eigenvalue weighted by atomic mass is 15.1. The summed E-state index contributed by atoms with van der Waals surface area (Å²) in [7, 11) is 0. The fourth-order valence-electron chi connectivity index (χ4n) is 2.75. The standard InChI is InChI=1S/C13H18N2/c1-2-10-15(9-1)13-7-3-6-12-11(13)5-4-8-14-12/h3,6-7,14H,1-2,4-5,8-10H2. The van der Waals surface area contributed by atoms with E-state index in [-0.39, 0.29) is 0 Å². The molecule has 2 nitrogen and oxygen atoms in total. The summed E-state index contributed by atoms with van der Waals surface area (Å²) in [5, 5.41) is 3.50. The molecule has 0 aromatic heterocycles. The smallest absolute Gasteiger partial charge is 0.0419 e. The summed E-state index contributed by atoms with van der Waals surface area (Å²) < 4.78 is 0. The van der Waals surface area contributed by atoms with Crippen molar-refractivity contribution in [3.63, 3.8) is 0 Å². The van der Waals surface area contributed by atoms with E-state index in [0.29, 0.717) is 0 Å². The van der Waals surface area contributed by atoms with Gasteiger partial charge in [-0.2, -0.15) is 0 Å². The largest absolute Gasteiger partial charge is 0.385 e. The molecule has 1 aromatic rings. The second kappa shape index (κ2) is 3.76. The molecule has 0 saturated carbocycles. The lowest BCUT2D eigenvalue weighted by molar-refractivity contribution is 0.819. The molecular formula is C13H18N2. The van der Waals surface area contributed by atoms with Crippen LogP contribution in [0.15, 0.2) is 18.2 Å². The molecular weight excluding hydrogens is 184 g/mol. The van der Waals surface area contributed by atoms with Crippen LogP contribution in [0.2, 0.25) is 0 Å². The zero-order valence-electron chi connectivity index (χ0n) is 9.13. The maximum Gasteiger partial charge on any atom is 0.0419 e. The summed E-state index contributed by atoms with van der Waals surface area (Å²) in [4.78, 5) is 2.55. The van der Waals surface area contributed by atoms with E-state index in [1.807, 2.05) is 0 Å². The highest BCUT2D eigenvalue weighted by molar-refractivity contribution is 5.68. The lowest BCUT2D eigenvalue weighted by Crippen LogP contribution is -2.22.